The average Bonchev–Trinajstić information content (AvgIpc) is 2.09. The number of rotatable bonds is 5. The molecule has 0 saturated heterocycles. The van der Waals surface area contributed by atoms with Gasteiger partial charge in [-0.3, -0.25) is 0 Å². The van der Waals surface area contributed by atoms with Crippen molar-refractivity contribution in [1.82, 2.24) is 0 Å². The average molecular weight is 221 g/mol. The van der Waals surface area contributed by atoms with Crippen molar-refractivity contribution in [3.63, 3.8) is 0 Å². The first kappa shape index (κ1) is 13.2. The Morgan fingerprint density at radius 1 is 1.00 bits per heavy atom. The molecular weight excluding hydrogens is 204 g/mol. The first-order valence-corrected chi connectivity index (χ1v) is 4.91. The minimum Gasteiger partial charge on any atom is -0.393 e. The number of hydrogen-bond donors (Lipinski definition) is 0. The van der Waals surface area contributed by atoms with Crippen LogP contribution in [0.5, 0.6) is 0 Å². The molecule has 0 aliphatic carbocycles. The molecule has 14 heavy (non-hydrogen) atoms. The fourth-order valence-corrected chi connectivity index (χ4v) is 0.514. The molecule has 0 rings (SSSR count). The lowest BCUT2D eigenvalue weighted by Crippen LogP contribution is -2.08. The van der Waals surface area contributed by atoms with Gasteiger partial charge in [-0.05, 0) is 34.6 Å². The van der Waals surface area contributed by atoms with E-state index < -0.39 is 0 Å². The second kappa shape index (κ2) is 6.65. The van der Waals surface area contributed by atoms with E-state index >= 15 is 0 Å². The largest absolute Gasteiger partial charge is 0.393 e. The van der Waals surface area contributed by atoms with Gasteiger partial charge in [0.05, 0.1) is 0 Å². The Kier molecular flexibility index (Phi) is 6.28. The van der Waals surface area contributed by atoms with Crippen LogP contribution in [0.2, 0.25) is 0 Å². The van der Waals surface area contributed by atoms with Gasteiger partial charge in [-0.25, -0.2) is 0 Å². The molecule has 0 unspecified atom stereocenters. The third-order valence-electron chi connectivity index (χ3n) is 1.04. The summed E-state index contributed by atoms with van der Waals surface area (Å²) in [6.07, 6.45) is 0.0306. The van der Waals surface area contributed by atoms with Gasteiger partial charge in [-0.2, -0.15) is 0 Å². The Balaban J connectivity index is 4.15. The summed E-state index contributed by atoms with van der Waals surface area (Å²) in [6.45, 7) is 9.20. The molecule has 0 aliphatic rings. The van der Waals surface area contributed by atoms with Crippen LogP contribution in [0.4, 0.5) is 0 Å². The highest BCUT2D eigenvalue weighted by atomic mass is 35.5. The van der Waals surface area contributed by atoms with E-state index in [1.165, 1.54) is 0 Å². The summed E-state index contributed by atoms with van der Waals surface area (Å²) in [6, 6.07) is 0. The Hall–Kier alpha value is -0.770. The van der Waals surface area contributed by atoms with Crippen LogP contribution >= 0.6 is 11.6 Å². The van der Waals surface area contributed by atoms with Crippen LogP contribution in [0.25, 0.3) is 0 Å². The molecule has 0 amide bonds. The Labute approximate surface area is 89.9 Å². The van der Waals surface area contributed by atoms with Crippen LogP contribution in [0.3, 0.4) is 0 Å². The van der Waals surface area contributed by atoms with E-state index in [9.17, 15) is 0 Å². The molecular formula is C9H17ClN2O2. The van der Waals surface area contributed by atoms with Gasteiger partial charge in [0, 0.05) is 0 Å². The zero-order chi connectivity index (χ0) is 11.1. The van der Waals surface area contributed by atoms with Gasteiger partial charge in [0.15, 0.2) is 5.17 Å². The van der Waals surface area contributed by atoms with Crippen molar-refractivity contribution >= 4 is 22.5 Å². The van der Waals surface area contributed by atoms with E-state index in [0.29, 0.717) is 5.71 Å². The molecule has 0 N–H and O–H groups in total. The first-order valence-electron chi connectivity index (χ1n) is 4.53. The molecule has 0 heterocycles. The highest BCUT2D eigenvalue weighted by Gasteiger charge is 2.02. The van der Waals surface area contributed by atoms with Gasteiger partial charge in [0.2, 0.25) is 0 Å². The third kappa shape index (κ3) is 6.71. The molecule has 0 aromatic heterocycles. The minimum absolute atomic E-state index is 0.00238. The van der Waals surface area contributed by atoms with Gasteiger partial charge < -0.3 is 9.68 Å². The van der Waals surface area contributed by atoms with E-state index in [2.05, 4.69) is 10.3 Å². The summed E-state index contributed by atoms with van der Waals surface area (Å²) < 4.78 is 0. The lowest BCUT2D eigenvalue weighted by Gasteiger charge is -2.04. The molecule has 0 fully saturated rings. The molecule has 0 bridgehead atoms. The van der Waals surface area contributed by atoms with Gasteiger partial charge in [0.25, 0.3) is 0 Å². The van der Waals surface area contributed by atoms with Crippen LogP contribution in [0.1, 0.15) is 34.6 Å². The Morgan fingerprint density at radius 2 is 1.43 bits per heavy atom. The fraction of sp³-hybridized carbons (Fsp3) is 0.778. The van der Waals surface area contributed by atoms with E-state index in [1.807, 2.05) is 27.7 Å². The molecule has 0 atom stereocenters. The maximum absolute atomic E-state index is 5.77. The molecule has 0 radical (unpaired) electrons. The van der Waals surface area contributed by atoms with Gasteiger partial charge >= 0.3 is 0 Å². The van der Waals surface area contributed by atoms with E-state index in [0.717, 1.165) is 0 Å². The fourth-order valence-electron chi connectivity index (χ4n) is 0.440. The van der Waals surface area contributed by atoms with Crippen molar-refractivity contribution in [2.45, 2.75) is 46.8 Å². The molecule has 5 heteroatoms. The second-order valence-corrected chi connectivity index (χ2v) is 3.73. The van der Waals surface area contributed by atoms with Crippen molar-refractivity contribution in [1.29, 1.82) is 0 Å². The van der Waals surface area contributed by atoms with Gasteiger partial charge in [-0.15, -0.1) is 0 Å². The number of nitrogens with zero attached hydrogens (tertiary/aromatic N) is 2. The maximum Gasteiger partial charge on any atom is 0.192 e. The molecule has 0 aromatic rings. The highest BCUT2D eigenvalue weighted by Crippen LogP contribution is 1.98. The van der Waals surface area contributed by atoms with Crippen LogP contribution in [-0.4, -0.2) is 23.1 Å². The molecule has 0 saturated carbocycles. The zero-order valence-corrected chi connectivity index (χ0v) is 10.00. The zero-order valence-electron chi connectivity index (χ0n) is 9.24. The van der Waals surface area contributed by atoms with E-state index in [1.54, 1.807) is 6.92 Å². The molecule has 0 aromatic carbocycles. The normalized spacial score (nSPS) is 13.7. The third-order valence-corrected chi connectivity index (χ3v) is 1.39. The van der Waals surface area contributed by atoms with E-state index in [4.69, 9.17) is 21.3 Å². The number of hydrogen-bond acceptors (Lipinski definition) is 4. The summed E-state index contributed by atoms with van der Waals surface area (Å²) in [5.74, 6) is 0. The Morgan fingerprint density at radius 3 is 1.86 bits per heavy atom. The lowest BCUT2D eigenvalue weighted by molar-refractivity contribution is 0.0836. The smallest absolute Gasteiger partial charge is 0.192 e. The standard InChI is InChI=1S/C9H17ClN2O2/c1-6(2)13-11-8(5)9(10)12-14-7(3)4/h6-7H,1-5H3. The molecule has 4 nitrogen and oxygen atoms in total. The van der Waals surface area contributed by atoms with Crippen molar-refractivity contribution in [2.75, 3.05) is 0 Å². The summed E-state index contributed by atoms with van der Waals surface area (Å²) in [7, 11) is 0. The monoisotopic (exact) mass is 220 g/mol. The number of oxime groups is 2. The van der Waals surface area contributed by atoms with Crippen molar-refractivity contribution in [3.8, 4) is 0 Å². The van der Waals surface area contributed by atoms with Crippen LogP contribution in [0.15, 0.2) is 10.3 Å². The van der Waals surface area contributed by atoms with Crippen molar-refractivity contribution in [3.05, 3.63) is 0 Å². The van der Waals surface area contributed by atoms with Crippen LogP contribution in [0, 0.1) is 0 Å². The van der Waals surface area contributed by atoms with Crippen LogP contribution in [-0.2, 0) is 9.68 Å². The van der Waals surface area contributed by atoms with Gasteiger partial charge in [-0.1, -0.05) is 21.9 Å². The lowest BCUT2D eigenvalue weighted by atomic mass is 10.5. The molecule has 82 valence electrons. The van der Waals surface area contributed by atoms with Crippen molar-refractivity contribution in [2.24, 2.45) is 10.3 Å². The van der Waals surface area contributed by atoms with Gasteiger partial charge in [0.1, 0.15) is 17.9 Å². The first-order chi connectivity index (χ1) is 6.43. The molecule has 0 aliphatic heterocycles. The summed E-state index contributed by atoms with van der Waals surface area (Å²) in [5.41, 5.74) is 0.501. The topological polar surface area (TPSA) is 43.2 Å². The summed E-state index contributed by atoms with van der Waals surface area (Å²) >= 11 is 5.77. The highest BCUT2D eigenvalue weighted by molar-refractivity contribution is 6.83. The predicted octanol–water partition coefficient (Wildman–Crippen LogP) is 2.76. The Bertz CT molecular complexity index is 201. The van der Waals surface area contributed by atoms with Crippen molar-refractivity contribution < 1.29 is 9.68 Å². The number of halogens is 1. The predicted molar refractivity (Wildman–Crippen MR) is 58.8 cm³/mol. The SMILES string of the molecule is CC(=NOC(C)C)C(Cl)=NOC(C)C. The second-order valence-electron chi connectivity index (χ2n) is 3.37. The summed E-state index contributed by atoms with van der Waals surface area (Å²) in [4.78, 5) is 9.95. The maximum atomic E-state index is 5.77. The van der Waals surface area contributed by atoms with Crippen LogP contribution < -0.4 is 0 Å². The molecule has 0 spiro atoms. The quantitative estimate of drug-likeness (QED) is 0.528. The summed E-state index contributed by atoms with van der Waals surface area (Å²) in [5, 5.41) is 7.66. The van der Waals surface area contributed by atoms with E-state index in [-0.39, 0.29) is 17.4 Å². The minimum atomic E-state index is 0.00238.